The molecule has 0 saturated carbocycles. The van der Waals surface area contributed by atoms with E-state index in [0.717, 1.165) is 36.0 Å². The summed E-state index contributed by atoms with van der Waals surface area (Å²) in [6.45, 7) is 4.19. The number of carbonyl (C=O) groups is 1. The van der Waals surface area contributed by atoms with Crippen molar-refractivity contribution in [2.75, 3.05) is 19.6 Å². The Balaban J connectivity index is 1.87. The smallest absolute Gasteiger partial charge is 0.236 e. The summed E-state index contributed by atoms with van der Waals surface area (Å²) >= 11 is 9.62. The van der Waals surface area contributed by atoms with E-state index in [4.69, 9.17) is 11.6 Å². The number of piperidine rings is 1. The van der Waals surface area contributed by atoms with Gasteiger partial charge in [-0.1, -0.05) is 33.6 Å². The fourth-order valence-corrected chi connectivity index (χ4v) is 3.30. The second-order valence-electron chi connectivity index (χ2n) is 5.21. The summed E-state index contributed by atoms with van der Waals surface area (Å²) < 4.78 is 0.961. The maximum absolute atomic E-state index is 12.1. The highest BCUT2D eigenvalue weighted by Gasteiger charge is 2.17. The topological polar surface area (TPSA) is 32.3 Å². The summed E-state index contributed by atoms with van der Waals surface area (Å²) in [5.74, 6) is 0.185. The van der Waals surface area contributed by atoms with Crippen LogP contribution in [0.1, 0.15) is 37.8 Å². The molecule has 1 aliphatic heterocycles. The molecular formula is C15H20BrClN2O. The lowest BCUT2D eigenvalue weighted by molar-refractivity contribution is -0.131. The molecule has 110 valence electrons. The summed E-state index contributed by atoms with van der Waals surface area (Å²) in [4.78, 5) is 14.0. The first-order chi connectivity index (χ1) is 9.58. The van der Waals surface area contributed by atoms with E-state index in [-0.39, 0.29) is 11.9 Å². The molecule has 1 aromatic rings. The SMILES string of the molecule is CC(NCC(=O)N1CCCCC1)c1ccc(Br)cc1Cl. The Morgan fingerprint density at radius 1 is 1.40 bits per heavy atom. The van der Waals surface area contributed by atoms with E-state index >= 15 is 0 Å². The van der Waals surface area contributed by atoms with Crippen molar-refractivity contribution in [1.82, 2.24) is 10.2 Å². The van der Waals surface area contributed by atoms with Gasteiger partial charge in [-0.2, -0.15) is 0 Å². The molecule has 5 heteroatoms. The number of amides is 1. The van der Waals surface area contributed by atoms with Crippen molar-refractivity contribution in [2.45, 2.75) is 32.2 Å². The zero-order valence-corrected chi connectivity index (χ0v) is 14.0. The van der Waals surface area contributed by atoms with Crippen molar-refractivity contribution in [3.8, 4) is 0 Å². The van der Waals surface area contributed by atoms with Gasteiger partial charge in [0.05, 0.1) is 6.54 Å². The maximum atomic E-state index is 12.1. The lowest BCUT2D eigenvalue weighted by Gasteiger charge is -2.27. The molecule has 0 bridgehead atoms. The molecule has 1 unspecified atom stereocenters. The van der Waals surface area contributed by atoms with Crippen molar-refractivity contribution in [3.63, 3.8) is 0 Å². The Bertz CT molecular complexity index is 475. The second kappa shape index (κ2) is 7.43. The number of nitrogens with zero attached hydrogens (tertiary/aromatic N) is 1. The molecular weight excluding hydrogens is 340 g/mol. The zero-order chi connectivity index (χ0) is 14.5. The van der Waals surface area contributed by atoms with E-state index in [2.05, 4.69) is 21.2 Å². The highest BCUT2D eigenvalue weighted by molar-refractivity contribution is 9.10. The first-order valence-electron chi connectivity index (χ1n) is 7.04. The number of nitrogens with one attached hydrogen (secondary N) is 1. The average molecular weight is 360 g/mol. The minimum absolute atomic E-state index is 0.0596. The molecule has 1 amide bonds. The van der Waals surface area contributed by atoms with Crippen LogP contribution in [0.5, 0.6) is 0 Å². The molecule has 1 saturated heterocycles. The summed E-state index contributed by atoms with van der Waals surface area (Å²) in [5.41, 5.74) is 1.02. The minimum Gasteiger partial charge on any atom is -0.342 e. The van der Waals surface area contributed by atoms with Crippen LogP contribution in [0.4, 0.5) is 0 Å². The van der Waals surface area contributed by atoms with Crippen LogP contribution in [-0.2, 0) is 4.79 Å². The summed E-state index contributed by atoms with van der Waals surface area (Å²) in [6, 6.07) is 5.88. The second-order valence-corrected chi connectivity index (χ2v) is 6.53. The molecule has 0 aromatic heterocycles. The van der Waals surface area contributed by atoms with Gasteiger partial charge in [0.2, 0.25) is 5.91 Å². The van der Waals surface area contributed by atoms with Crippen LogP contribution in [0.2, 0.25) is 5.02 Å². The molecule has 1 heterocycles. The van der Waals surface area contributed by atoms with Gasteiger partial charge in [-0.3, -0.25) is 4.79 Å². The molecule has 0 spiro atoms. The van der Waals surface area contributed by atoms with Crippen LogP contribution >= 0.6 is 27.5 Å². The number of hydrogen-bond donors (Lipinski definition) is 1. The Hall–Kier alpha value is -0.580. The molecule has 0 radical (unpaired) electrons. The van der Waals surface area contributed by atoms with Gasteiger partial charge >= 0.3 is 0 Å². The molecule has 1 aliphatic rings. The Morgan fingerprint density at radius 3 is 2.75 bits per heavy atom. The number of likely N-dealkylation sites (tertiary alicyclic amines) is 1. The maximum Gasteiger partial charge on any atom is 0.236 e. The number of halogens is 2. The molecule has 1 atom stereocenters. The lowest BCUT2D eigenvalue weighted by atomic mass is 10.1. The fraction of sp³-hybridized carbons (Fsp3) is 0.533. The van der Waals surface area contributed by atoms with E-state index in [0.29, 0.717) is 11.6 Å². The predicted molar refractivity (Wildman–Crippen MR) is 86.0 cm³/mol. The number of rotatable bonds is 4. The number of benzene rings is 1. The van der Waals surface area contributed by atoms with E-state index in [1.165, 1.54) is 6.42 Å². The molecule has 2 rings (SSSR count). The average Bonchev–Trinajstić information content (AvgIpc) is 2.45. The third-order valence-electron chi connectivity index (χ3n) is 3.70. The van der Waals surface area contributed by atoms with Gasteiger partial charge in [0.25, 0.3) is 0 Å². The van der Waals surface area contributed by atoms with Crippen LogP contribution in [0, 0.1) is 0 Å². The van der Waals surface area contributed by atoms with Crippen molar-refractivity contribution in [2.24, 2.45) is 0 Å². The third kappa shape index (κ3) is 4.21. The standard InChI is InChI=1S/C15H20BrClN2O/c1-11(13-6-5-12(16)9-14(13)17)18-10-15(20)19-7-3-2-4-8-19/h5-6,9,11,18H,2-4,7-8,10H2,1H3. The lowest BCUT2D eigenvalue weighted by Crippen LogP contribution is -2.41. The van der Waals surface area contributed by atoms with Crippen molar-refractivity contribution in [1.29, 1.82) is 0 Å². The van der Waals surface area contributed by atoms with Gasteiger partial charge < -0.3 is 10.2 Å². The first-order valence-corrected chi connectivity index (χ1v) is 8.21. The molecule has 1 aromatic carbocycles. The van der Waals surface area contributed by atoms with Gasteiger partial charge in [-0.25, -0.2) is 0 Å². The molecule has 1 fully saturated rings. The fourth-order valence-electron chi connectivity index (χ4n) is 2.46. The molecule has 20 heavy (non-hydrogen) atoms. The third-order valence-corrected chi connectivity index (χ3v) is 4.52. The molecule has 0 aliphatic carbocycles. The van der Waals surface area contributed by atoms with E-state index in [1.54, 1.807) is 0 Å². The van der Waals surface area contributed by atoms with Crippen LogP contribution in [0.25, 0.3) is 0 Å². The monoisotopic (exact) mass is 358 g/mol. The van der Waals surface area contributed by atoms with Gasteiger partial charge in [0.1, 0.15) is 0 Å². The highest BCUT2D eigenvalue weighted by Crippen LogP contribution is 2.26. The van der Waals surface area contributed by atoms with Crippen molar-refractivity contribution < 1.29 is 4.79 Å². The molecule has 3 nitrogen and oxygen atoms in total. The summed E-state index contributed by atoms with van der Waals surface area (Å²) in [7, 11) is 0. The molecule has 1 N–H and O–H groups in total. The Kier molecular flexibility index (Phi) is 5.87. The normalized spacial score (nSPS) is 17.1. The first kappa shape index (κ1) is 15.8. The van der Waals surface area contributed by atoms with Crippen LogP contribution in [-0.4, -0.2) is 30.4 Å². The summed E-state index contributed by atoms with van der Waals surface area (Å²) in [5, 5.41) is 3.98. The van der Waals surface area contributed by atoms with Crippen molar-refractivity contribution in [3.05, 3.63) is 33.3 Å². The van der Waals surface area contributed by atoms with Gasteiger partial charge in [-0.15, -0.1) is 0 Å². The van der Waals surface area contributed by atoms with Gasteiger partial charge in [0.15, 0.2) is 0 Å². The summed E-state index contributed by atoms with van der Waals surface area (Å²) in [6.07, 6.45) is 3.49. The quantitative estimate of drug-likeness (QED) is 0.887. The van der Waals surface area contributed by atoms with E-state index < -0.39 is 0 Å². The van der Waals surface area contributed by atoms with Gasteiger partial charge in [0, 0.05) is 28.6 Å². The number of hydrogen-bond acceptors (Lipinski definition) is 2. The van der Waals surface area contributed by atoms with Crippen LogP contribution in [0.15, 0.2) is 22.7 Å². The Morgan fingerprint density at radius 2 is 2.10 bits per heavy atom. The largest absolute Gasteiger partial charge is 0.342 e. The van der Waals surface area contributed by atoms with E-state index in [1.807, 2.05) is 30.0 Å². The Labute approximate surface area is 133 Å². The van der Waals surface area contributed by atoms with Crippen LogP contribution in [0.3, 0.4) is 0 Å². The van der Waals surface area contributed by atoms with E-state index in [9.17, 15) is 4.79 Å². The predicted octanol–water partition coefficient (Wildman–Crippen LogP) is 3.77. The number of carbonyl (C=O) groups excluding carboxylic acids is 1. The minimum atomic E-state index is 0.0596. The van der Waals surface area contributed by atoms with Crippen LogP contribution < -0.4 is 5.32 Å². The zero-order valence-electron chi connectivity index (χ0n) is 11.7. The highest BCUT2D eigenvalue weighted by atomic mass is 79.9. The van der Waals surface area contributed by atoms with Crippen molar-refractivity contribution >= 4 is 33.4 Å². The van der Waals surface area contributed by atoms with Gasteiger partial charge in [-0.05, 0) is 43.9 Å².